The highest BCUT2D eigenvalue weighted by Gasteiger charge is 2.31. The van der Waals surface area contributed by atoms with E-state index >= 15 is 0 Å². The number of amides is 1. The zero-order chi connectivity index (χ0) is 16.2. The standard InChI is InChI=1S/C19H27N3O/c1-3-21(4-2)19(23)18-11-7-8-12-22(18)14-15-13-20-17-10-6-5-9-16(15)17/h5-6,9-10,13,18,20H,3-4,7-8,11-12,14H2,1-2H3. The van der Waals surface area contributed by atoms with Crippen molar-refractivity contribution < 1.29 is 4.79 Å². The molecule has 0 spiro atoms. The molecule has 0 saturated carbocycles. The van der Waals surface area contributed by atoms with Crippen molar-refractivity contribution in [3.05, 3.63) is 36.0 Å². The molecule has 1 unspecified atom stereocenters. The number of fused-ring (bicyclic) bond motifs is 1. The van der Waals surface area contributed by atoms with E-state index in [9.17, 15) is 4.79 Å². The van der Waals surface area contributed by atoms with Crippen molar-refractivity contribution in [2.75, 3.05) is 19.6 Å². The molecule has 124 valence electrons. The van der Waals surface area contributed by atoms with Crippen LogP contribution in [-0.2, 0) is 11.3 Å². The molecule has 1 aromatic carbocycles. The van der Waals surface area contributed by atoms with Crippen LogP contribution >= 0.6 is 0 Å². The molecule has 0 aliphatic carbocycles. The van der Waals surface area contributed by atoms with Gasteiger partial charge in [0.1, 0.15) is 0 Å². The summed E-state index contributed by atoms with van der Waals surface area (Å²) in [5, 5.41) is 1.27. The number of rotatable bonds is 5. The lowest BCUT2D eigenvalue weighted by Crippen LogP contribution is -2.50. The molecule has 2 heterocycles. The minimum absolute atomic E-state index is 0.0392. The van der Waals surface area contributed by atoms with Crippen molar-refractivity contribution in [2.45, 2.75) is 45.7 Å². The molecule has 1 saturated heterocycles. The van der Waals surface area contributed by atoms with Crippen molar-refractivity contribution in [1.82, 2.24) is 14.8 Å². The second kappa shape index (κ2) is 7.18. The third kappa shape index (κ3) is 3.27. The number of likely N-dealkylation sites (N-methyl/N-ethyl adjacent to an activating group) is 1. The number of aromatic amines is 1. The zero-order valence-electron chi connectivity index (χ0n) is 14.2. The van der Waals surface area contributed by atoms with Crippen LogP contribution in [0, 0.1) is 0 Å². The number of hydrogen-bond acceptors (Lipinski definition) is 2. The summed E-state index contributed by atoms with van der Waals surface area (Å²) in [6.45, 7) is 7.58. The van der Waals surface area contributed by atoms with Gasteiger partial charge in [-0.25, -0.2) is 0 Å². The third-order valence-electron chi connectivity index (χ3n) is 5.02. The van der Waals surface area contributed by atoms with Crippen molar-refractivity contribution in [2.24, 2.45) is 0 Å². The van der Waals surface area contributed by atoms with Gasteiger partial charge in [0.2, 0.25) is 5.91 Å². The smallest absolute Gasteiger partial charge is 0.239 e. The van der Waals surface area contributed by atoms with E-state index in [4.69, 9.17) is 0 Å². The summed E-state index contributed by atoms with van der Waals surface area (Å²) in [6.07, 6.45) is 5.42. The number of carbonyl (C=O) groups is 1. The lowest BCUT2D eigenvalue weighted by Gasteiger charge is -2.37. The van der Waals surface area contributed by atoms with Crippen molar-refractivity contribution >= 4 is 16.8 Å². The summed E-state index contributed by atoms with van der Waals surface area (Å²) in [7, 11) is 0. The summed E-state index contributed by atoms with van der Waals surface area (Å²) >= 11 is 0. The zero-order valence-corrected chi connectivity index (χ0v) is 14.2. The summed E-state index contributed by atoms with van der Waals surface area (Å²) in [5.74, 6) is 0.301. The van der Waals surface area contributed by atoms with E-state index in [-0.39, 0.29) is 6.04 Å². The van der Waals surface area contributed by atoms with Crippen LogP contribution in [0.3, 0.4) is 0 Å². The Hall–Kier alpha value is -1.81. The molecule has 1 aliphatic rings. The first-order valence-electron chi connectivity index (χ1n) is 8.82. The number of piperidine rings is 1. The van der Waals surface area contributed by atoms with Gasteiger partial charge in [0, 0.05) is 36.7 Å². The molecule has 3 rings (SSSR count). The Balaban J connectivity index is 1.80. The maximum atomic E-state index is 12.8. The summed E-state index contributed by atoms with van der Waals surface area (Å²) in [5.41, 5.74) is 2.46. The average Bonchev–Trinajstić information content (AvgIpc) is 2.99. The van der Waals surface area contributed by atoms with Crippen LogP contribution in [0.25, 0.3) is 10.9 Å². The molecule has 0 radical (unpaired) electrons. The molecule has 23 heavy (non-hydrogen) atoms. The fraction of sp³-hybridized carbons (Fsp3) is 0.526. The molecule has 0 bridgehead atoms. The maximum Gasteiger partial charge on any atom is 0.239 e. The normalized spacial score (nSPS) is 19.1. The molecule has 1 fully saturated rings. The molecule has 1 atom stereocenters. The highest BCUT2D eigenvalue weighted by molar-refractivity contribution is 5.84. The fourth-order valence-electron chi connectivity index (χ4n) is 3.69. The van der Waals surface area contributed by atoms with Gasteiger partial charge in [0.15, 0.2) is 0 Å². The van der Waals surface area contributed by atoms with Crippen molar-refractivity contribution in [3.63, 3.8) is 0 Å². The van der Waals surface area contributed by atoms with E-state index in [2.05, 4.69) is 54.2 Å². The van der Waals surface area contributed by atoms with E-state index in [0.29, 0.717) is 5.91 Å². The summed E-state index contributed by atoms with van der Waals surface area (Å²) < 4.78 is 0. The monoisotopic (exact) mass is 313 g/mol. The van der Waals surface area contributed by atoms with Gasteiger partial charge in [0.25, 0.3) is 0 Å². The number of benzene rings is 1. The minimum Gasteiger partial charge on any atom is -0.361 e. The number of para-hydroxylation sites is 1. The molecule has 1 amide bonds. The number of hydrogen-bond donors (Lipinski definition) is 1. The average molecular weight is 313 g/mol. The van der Waals surface area contributed by atoms with Crippen LogP contribution < -0.4 is 0 Å². The summed E-state index contributed by atoms with van der Waals surface area (Å²) in [4.78, 5) is 20.5. The molecule has 4 nitrogen and oxygen atoms in total. The van der Waals surface area contributed by atoms with Crippen LogP contribution in [-0.4, -0.2) is 46.4 Å². The first-order valence-corrected chi connectivity index (χ1v) is 8.82. The molecule has 2 aromatic rings. The number of H-pyrrole nitrogens is 1. The number of nitrogens with one attached hydrogen (secondary N) is 1. The van der Waals surface area contributed by atoms with E-state index in [0.717, 1.165) is 39.0 Å². The van der Waals surface area contributed by atoms with Crippen LogP contribution in [0.1, 0.15) is 38.7 Å². The summed E-state index contributed by atoms with van der Waals surface area (Å²) in [6, 6.07) is 8.43. The van der Waals surface area contributed by atoms with Crippen LogP contribution in [0.15, 0.2) is 30.5 Å². The Morgan fingerprint density at radius 3 is 2.83 bits per heavy atom. The fourth-order valence-corrected chi connectivity index (χ4v) is 3.69. The van der Waals surface area contributed by atoms with Gasteiger partial charge in [-0.05, 0) is 44.9 Å². The van der Waals surface area contributed by atoms with E-state index < -0.39 is 0 Å². The van der Waals surface area contributed by atoms with Gasteiger partial charge < -0.3 is 9.88 Å². The van der Waals surface area contributed by atoms with Gasteiger partial charge >= 0.3 is 0 Å². The van der Waals surface area contributed by atoms with Crippen LogP contribution in [0.5, 0.6) is 0 Å². The molecule has 4 heteroatoms. The molecule has 1 aromatic heterocycles. The van der Waals surface area contributed by atoms with Gasteiger partial charge in [0.05, 0.1) is 6.04 Å². The molecular formula is C19H27N3O. The SMILES string of the molecule is CCN(CC)C(=O)C1CCCCN1Cc1c[nH]c2ccccc12. The third-order valence-corrected chi connectivity index (χ3v) is 5.02. The lowest BCUT2D eigenvalue weighted by molar-refractivity contribution is -0.138. The van der Waals surface area contributed by atoms with Gasteiger partial charge in [-0.3, -0.25) is 9.69 Å². The number of nitrogens with zero attached hydrogens (tertiary/aromatic N) is 2. The van der Waals surface area contributed by atoms with Gasteiger partial charge in [-0.15, -0.1) is 0 Å². The molecule has 1 aliphatic heterocycles. The number of likely N-dealkylation sites (tertiary alicyclic amines) is 1. The molecular weight excluding hydrogens is 286 g/mol. The second-order valence-corrected chi connectivity index (χ2v) is 6.35. The first-order chi connectivity index (χ1) is 11.2. The largest absolute Gasteiger partial charge is 0.361 e. The number of carbonyl (C=O) groups excluding carboxylic acids is 1. The Bertz CT molecular complexity index is 659. The van der Waals surface area contributed by atoms with E-state index in [1.165, 1.54) is 22.9 Å². The first kappa shape index (κ1) is 16.1. The van der Waals surface area contributed by atoms with Crippen LogP contribution in [0.4, 0.5) is 0 Å². The van der Waals surface area contributed by atoms with Gasteiger partial charge in [-0.2, -0.15) is 0 Å². The number of aromatic nitrogens is 1. The van der Waals surface area contributed by atoms with Gasteiger partial charge in [-0.1, -0.05) is 24.6 Å². The van der Waals surface area contributed by atoms with E-state index in [1.807, 2.05) is 4.90 Å². The minimum atomic E-state index is 0.0392. The maximum absolute atomic E-state index is 12.8. The van der Waals surface area contributed by atoms with Crippen molar-refractivity contribution in [1.29, 1.82) is 0 Å². The Kier molecular flexibility index (Phi) is 5.01. The highest BCUT2D eigenvalue weighted by Crippen LogP contribution is 2.25. The predicted octanol–water partition coefficient (Wildman–Crippen LogP) is 3.39. The highest BCUT2D eigenvalue weighted by atomic mass is 16.2. The van der Waals surface area contributed by atoms with Crippen molar-refractivity contribution in [3.8, 4) is 0 Å². The Labute approximate surface area is 138 Å². The van der Waals surface area contributed by atoms with E-state index in [1.54, 1.807) is 0 Å². The molecule has 1 N–H and O–H groups in total. The predicted molar refractivity (Wildman–Crippen MR) is 94.3 cm³/mol. The lowest BCUT2D eigenvalue weighted by atomic mass is 9.99. The Morgan fingerprint density at radius 2 is 2.04 bits per heavy atom. The quantitative estimate of drug-likeness (QED) is 0.919. The second-order valence-electron chi connectivity index (χ2n) is 6.35. The topological polar surface area (TPSA) is 39.3 Å². The Morgan fingerprint density at radius 1 is 1.26 bits per heavy atom. The van der Waals surface area contributed by atoms with Crippen LogP contribution in [0.2, 0.25) is 0 Å².